The highest BCUT2D eigenvalue weighted by molar-refractivity contribution is 9.10. The third-order valence-electron chi connectivity index (χ3n) is 2.79. The molecule has 2 heterocycles. The van der Waals surface area contributed by atoms with E-state index in [0.717, 1.165) is 28.8 Å². The van der Waals surface area contributed by atoms with Crippen LogP contribution < -0.4 is 0 Å². The van der Waals surface area contributed by atoms with Crippen LogP contribution >= 0.6 is 27.3 Å². The topological polar surface area (TPSA) is 26.3 Å². The Balaban J connectivity index is 2.18. The first kappa shape index (κ1) is 11.3. The first-order valence-corrected chi connectivity index (χ1v) is 6.80. The van der Waals surface area contributed by atoms with Crippen LogP contribution in [0.2, 0.25) is 0 Å². The number of ether oxygens (including phenoxy) is 1. The van der Waals surface area contributed by atoms with Crippen LogP contribution in [0, 0.1) is 5.92 Å². The van der Waals surface area contributed by atoms with E-state index in [0.29, 0.717) is 0 Å². The van der Waals surface area contributed by atoms with Crippen molar-refractivity contribution in [3.05, 3.63) is 20.8 Å². The van der Waals surface area contributed by atoms with Crippen LogP contribution in [0.3, 0.4) is 0 Å². The Hall–Kier alpha value is -0.190. The van der Waals surface area contributed by atoms with Gasteiger partial charge in [-0.3, -0.25) is 4.79 Å². The Labute approximate surface area is 102 Å². The third-order valence-corrected chi connectivity index (χ3v) is 4.64. The fourth-order valence-electron chi connectivity index (χ4n) is 1.99. The van der Waals surface area contributed by atoms with E-state index in [1.165, 1.54) is 11.3 Å². The number of Topliss-reactive ketones (excluding diaryl/α,β-unsaturated/α-hetero) is 1. The molecule has 0 spiro atoms. The molecule has 0 saturated carbocycles. The van der Waals surface area contributed by atoms with Gasteiger partial charge in [0.25, 0.3) is 0 Å². The van der Waals surface area contributed by atoms with Gasteiger partial charge in [0.2, 0.25) is 0 Å². The molecule has 1 fully saturated rings. The minimum absolute atomic E-state index is 0.0601. The molecular formula is C11H13BrO2S. The summed E-state index contributed by atoms with van der Waals surface area (Å²) in [5.74, 6) is 0.297. The molecule has 0 radical (unpaired) electrons. The number of hydrogen-bond acceptors (Lipinski definition) is 3. The van der Waals surface area contributed by atoms with E-state index in [1.807, 2.05) is 11.4 Å². The van der Waals surface area contributed by atoms with Gasteiger partial charge in [-0.05, 0) is 40.2 Å². The van der Waals surface area contributed by atoms with E-state index in [4.69, 9.17) is 4.74 Å². The Kier molecular flexibility index (Phi) is 3.59. The van der Waals surface area contributed by atoms with E-state index in [2.05, 4.69) is 22.9 Å². The van der Waals surface area contributed by atoms with Gasteiger partial charge in [-0.15, -0.1) is 11.3 Å². The van der Waals surface area contributed by atoms with Crippen LogP contribution in [-0.4, -0.2) is 18.5 Å². The van der Waals surface area contributed by atoms with Crippen molar-refractivity contribution in [3.8, 4) is 0 Å². The molecule has 1 aromatic rings. The van der Waals surface area contributed by atoms with Gasteiger partial charge in [0.1, 0.15) is 0 Å². The quantitative estimate of drug-likeness (QED) is 0.796. The highest BCUT2D eigenvalue weighted by atomic mass is 79.9. The molecule has 1 aliphatic heterocycles. The molecule has 82 valence electrons. The summed E-state index contributed by atoms with van der Waals surface area (Å²) in [5, 5.41) is 1.94. The zero-order valence-corrected chi connectivity index (χ0v) is 10.9. The SMILES string of the molecule is CCC1OCCC1C(=O)c1sccc1Br. The summed E-state index contributed by atoms with van der Waals surface area (Å²) in [6.07, 6.45) is 1.90. The van der Waals surface area contributed by atoms with E-state index in [-0.39, 0.29) is 17.8 Å². The molecule has 2 nitrogen and oxygen atoms in total. The fourth-order valence-corrected chi connectivity index (χ4v) is 3.56. The lowest BCUT2D eigenvalue weighted by molar-refractivity contribution is 0.0691. The van der Waals surface area contributed by atoms with Crippen molar-refractivity contribution >= 4 is 33.0 Å². The van der Waals surface area contributed by atoms with Crippen LogP contribution in [0.5, 0.6) is 0 Å². The fraction of sp³-hybridized carbons (Fsp3) is 0.545. The highest BCUT2D eigenvalue weighted by Gasteiger charge is 2.34. The Morgan fingerprint density at radius 3 is 3.13 bits per heavy atom. The first-order chi connectivity index (χ1) is 7.24. The number of carbonyl (C=O) groups excluding carboxylic acids is 1. The molecular weight excluding hydrogens is 276 g/mol. The van der Waals surface area contributed by atoms with Crippen molar-refractivity contribution in [3.63, 3.8) is 0 Å². The van der Waals surface area contributed by atoms with E-state index in [1.54, 1.807) is 0 Å². The largest absolute Gasteiger partial charge is 0.377 e. The maximum atomic E-state index is 12.2. The molecule has 4 heteroatoms. The van der Waals surface area contributed by atoms with Gasteiger partial charge in [0, 0.05) is 11.1 Å². The average Bonchev–Trinajstić information content (AvgIpc) is 2.84. The summed E-state index contributed by atoms with van der Waals surface area (Å²) in [6.45, 7) is 2.79. The van der Waals surface area contributed by atoms with E-state index < -0.39 is 0 Å². The molecule has 2 atom stereocenters. The van der Waals surface area contributed by atoms with Crippen molar-refractivity contribution in [2.24, 2.45) is 5.92 Å². The molecule has 0 amide bonds. The second-order valence-corrected chi connectivity index (χ2v) is 5.45. The average molecular weight is 289 g/mol. The maximum Gasteiger partial charge on any atom is 0.179 e. The normalized spacial score (nSPS) is 25.7. The molecule has 1 aromatic heterocycles. The van der Waals surface area contributed by atoms with Gasteiger partial charge in [0.05, 0.1) is 16.9 Å². The van der Waals surface area contributed by atoms with E-state index >= 15 is 0 Å². The van der Waals surface area contributed by atoms with Gasteiger partial charge in [-0.25, -0.2) is 0 Å². The Morgan fingerprint density at radius 1 is 1.73 bits per heavy atom. The third kappa shape index (κ3) is 2.17. The summed E-state index contributed by atoms with van der Waals surface area (Å²) < 4.78 is 6.46. The smallest absolute Gasteiger partial charge is 0.179 e. The number of rotatable bonds is 3. The van der Waals surface area contributed by atoms with Crippen molar-refractivity contribution < 1.29 is 9.53 Å². The van der Waals surface area contributed by atoms with Crippen LogP contribution in [0.4, 0.5) is 0 Å². The summed E-state index contributed by atoms with van der Waals surface area (Å²) >= 11 is 4.91. The molecule has 0 aromatic carbocycles. The zero-order chi connectivity index (χ0) is 10.8. The molecule has 15 heavy (non-hydrogen) atoms. The van der Waals surface area contributed by atoms with Crippen molar-refractivity contribution in [2.75, 3.05) is 6.61 Å². The maximum absolute atomic E-state index is 12.2. The van der Waals surface area contributed by atoms with Crippen molar-refractivity contribution in [2.45, 2.75) is 25.9 Å². The number of carbonyl (C=O) groups is 1. The van der Waals surface area contributed by atoms with Gasteiger partial charge in [0.15, 0.2) is 5.78 Å². The molecule has 0 bridgehead atoms. The summed E-state index contributed by atoms with van der Waals surface area (Å²) in [7, 11) is 0. The van der Waals surface area contributed by atoms with Crippen LogP contribution in [0.1, 0.15) is 29.4 Å². The number of thiophene rings is 1. The minimum Gasteiger partial charge on any atom is -0.377 e. The van der Waals surface area contributed by atoms with Gasteiger partial charge < -0.3 is 4.74 Å². The summed E-state index contributed by atoms with van der Waals surface area (Å²) in [4.78, 5) is 13.0. The molecule has 0 N–H and O–H groups in total. The monoisotopic (exact) mass is 288 g/mol. The standard InChI is InChI=1S/C11H13BrO2S/c1-2-9-7(3-5-14-9)10(13)11-8(12)4-6-15-11/h4,6-7,9H,2-3,5H2,1H3. The molecule has 0 aliphatic carbocycles. The Bertz CT molecular complexity index is 361. The molecule has 1 aliphatic rings. The molecule has 2 rings (SSSR count). The number of ketones is 1. The predicted molar refractivity (Wildman–Crippen MR) is 64.5 cm³/mol. The summed E-state index contributed by atoms with van der Waals surface area (Å²) in [5.41, 5.74) is 0. The van der Waals surface area contributed by atoms with Crippen molar-refractivity contribution in [1.82, 2.24) is 0 Å². The second-order valence-electron chi connectivity index (χ2n) is 3.67. The highest BCUT2D eigenvalue weighted by Crippen LogP contribution is 2.32. The number of halogens is 1. The second kappa shape index (κ2) is 4.76. The molecule has 1 saturated heterocycles. The van der Waals surface area contributed by atoms with Gasteiger partial charge >= 0.3 is 0 Å². The van der Waals surface area contributed by atoms with Crippen molar-refractivity contribution in [1.29, 1.82) is 0 Å². The predicted octanol–water partition coefficient (Wildman–Crippen LogP) is 3.51. The summed E-state index contributed by atoms with van der Waals surface area (Å²) in [6, 6.07) is 1.93. The van der Waals surface area contributed by atoms with Crippen LogP contribution in [0.25, 0.3) is 0 Å². The number of hydrogen-bond donors (Lipinski definition) is 0. The molecule has 2 unspecified atom stereocenters. The van der Waals surface area contributed by atoms with Gasteiger partial charge in [-0.2, -0.15) is 0 Å². The first-order valence-electron chi connectivity index (χ1n) is 5.12. The van der Waals surface area contributed by atoms with E-state index in [9.17, 15) is 4.79 Å². The minimum atomic E-state index is 0.0601. The van der Waals surface area contributed by atoms with Crippen LogP contribution in [0.15, 0.2) is 15.9 Å². The van der Waals surface area contributed by atoms with Gasteiger partial charge in [-0.1, -0.05) is 6.92 Å². The Morgan fingerprint density at radius 2 is 2.53 bits per heavy atom. The van der Waals surface area contributed by atoms with Crippen LogP contribution in [-0.2, 0) is 4.74 Å². The lowest BCUT2D eigenvalue weighted by Gasteiger charge is -2.14. The zero-order valence-electron chi connectivity index (χ0n) is 8.53. The lowest BCUT2D eigenvalue weighted by atomic mass is 9.94. The lowest BCUT2D eigenvalue weighted by Crippen LogP contribution is -2.23.